The Hall–Kier alpha value is -1.20. The number of unbranched alkanes of at least 4 members (excludes halogenated alkanes) is 9. The highest BCUT2D eigenvalue weighted by Gasteiger charge is 2.24. The molecule has 0 amide bonds. The predicted octanol–water partition coefficient (Wildman–Crippen LogP) is 5.09. The van der Waals surface area contributed by atoms with Crippen molar-refractivity contribution in [3.63, 3.8) is 0 Å². The third-order valence-electron chi connectivity index (χ3n) is 3.97. The van der Waals surface area contributed by atoms with Crippen LogP contribution in [0, 0.1) is 0 Å². The summed E-state index contributed by atoms with van der Waals surface area (Å²) in [4.78, 5) is 11.9. The standard InChI is InChI=1S/C19H30O4S/c1-2-3-4-5-6-7-8-9-10-14-17-23-24(21,22)19(20)18-15-12-11-13-16-18/h11-13,15-16H,2-10,14,17H2,1H3. The van der Waals surface area contributed by atoms with Gasteiger partial charge in [0, 0.05) is 5.56 Å². The Morgan fingerprint density at radius 1 is 0.833 bits per heavy atom. The van der Waals surface area contributed by atoms with Crippen molar-refractivity contribution in [2.24, 2.45) is 0 Å². The van der Waals surface area contributed by atoms with Crippen molar-refractivity contribution in [3.05, 3.63) is 35.9 Å². The highest BCUT2D eigenvalue weighted by molar-refractivity contribution is 8.02. The Labute approximate surface area is 146 Å². The topological polar surface area (TPSA) is 60.4 Å². The molecular weight excluding hydrogens is 324 g/mol. The van der Waals surface area contributed by atoms with Gasteiger partial charge in [-0.15, -0.1) is 0 Å². The smallest absolute Gasteiger partial charge is 0.273 e. The molecular formula is C19H30O4S. The number of rotatable bonds is 13. The fourth-order valence-corrected chi connectivity index (χ4v) is 3.40. The van der Waals surface area contributed by atoms with E-state index in [1.807, 2.05) is 0 Å². The van der Waals surface area contributed by atoms with Crippen molar-refractivity contribution in [2.75, 3.05) is 6.61 Å². The van der Waals surface area contributed by atoms with E-state index in [4.69, 9.17) is 4.18 Å². The number of carbonyl (C=O) groups excluding carboxylic acids is 1. The molecule has 0 bridgehead atoms. The van der Waals surface area contributed by atoms with Crippen molar-refractivity contribution in [1.82, 2.24) is 0 Å². The molecule has 1 aromatic rings. The maximum atomic E-state index is 11.9. The third kappa shape index (κ3) is 8.60. The van der Waals surface area contributed by atoms with Gasteiger partial charge >= 0.3 is 15.2 Å². The minimum absolute atomic E-state index is 0.0808. The molecule has 4 nitrogen and oxygen atoms in total. The minimum atomic E-state index is -4.16. The summed E-state index contributed by atoms with van der Waals surface area (Å²) in [5.41, 5.74) is 0.139. The van der Waals surface area contributed by atoms with Crippen LogP contribution in [0.2, 0.25) is 0 Å². The molecule has 0 unspecified atom stereocenters. The lowest BCUT2D eigenvalue weighted by Gasteiger charge is -2.05. The van der Waals surface area contributed by atoms with Crippen molar-refractivity contribution < 1.29 is 17.4 Å². The van der Waals surface area contributed by atoms with Crippen LogP contribution in [-0.2, 0) is 14.3 Å². The van der Waals surface area contributed by atoms with Gasteiger partial charge in [0.15, 0.2) is 0 Å². The van der Waals surface area contributed by atoms with Crippen LogP contribution in [-0.4, -0.2) is 20.1 Å². The Kier molecular flexibility index (Phi) is 10.6. The molecule has 1 aromatic carbocycles. The van der Waals surface area contributed by atoms with Gasteiger partial charge in [-0.05, 0) is 6.42 Å². The second-order valence-corrected chi connectivity index (χ2v) is 7.63. The summed E-state index contributed by atoms with van der Waals surface area (Å²) in [6.45, 7) is 2.30. The lowest BCUT2D eigenvalue weighted by Crippen LogP contribution is -2.18. The van der Waals surface area contributed by atoms with Gasteiger partial charge in [-0.1, -0.05) is 95.0 Å². The Morgan fingerprint density at radius 2 is 1.33 bits per heavy atom. The van der Waals surface area contributed by atoms with Crippen LogP contribution < -0.4 is 0 Å². The molecule has 0 aliphatic carbocycles. The van der Waals surface area contributed by atoms with Crippen LogP contribution in [0.5, 0.6) is 0 Å². The van der Waals surface area contributed by atoms with E-state index in [9.17, 15) is 13.2 Å². The summed E-state index contributed by atoms with van der Waals surface area (Å²) < 4.78 is 28.5. The molecule has 136 valence electrons. The average Bonchev–Trinajstić information content (AvgIpc) is 2.59. The number of carbonyl (C=O) groups is 1. The number of hydrogen-bond donors (Lipinski definition) is 0. The van der Waals surface area contributed by atoms with E-state index in [0.717, 1.165) is 12.8 Å². The zero-order valence-corrected chi connectivity index (χ0v) is 15.5. The van der Waals surface area contributed by atoms with Gasteiger partial charge in [-0.3, -0.25) is 8.98 Å². The molecule has 0 spiro atoms. The first kappa shape index (κ1) is 20.8. The summed E-state index contributed by atoms with van der Waals surface area (Å²) in [6.07, 6.45) is 11.6. The summed E-state index contributed by atoms with van der Waals surface area (Å²) in [5, 5.41) is -0.963. The molecule has 0 aliphatic rings. The predicted molar refractivity (Wildman–Crippen MR) is 97.5 cm³/mol. The molecule has 0 aromatic heterocycles. The van der Waals surface area contributed by atoms with Gasteiger partial charge < -0.3 is 0 Å². The van der Waals surface area contributed by atoms with Crippen LogP contribution in [0.1, 0.15) is 81.5 Å². The summed E-state index contributed by atoms with van der Waals surface area (Å²) in [7, 11) is -4.16. The summed E-state index contributed by atoms with van der Waals surface area (Å²) in [5.74, 6) is 0. The molecule has 0 heterocycles. The maximum Gasteiger partial charge on any atom is 0.335 e. The Morgan fingerprint density at radius 3 is 1.88 bits per heavy atom. The zero-order valence-electron chi connectivity index (χ0n) is 14.7. The van der Waals surface area contributed by atoms with Crippen LogP contribution in [0.15, 0.2) is 30.3 Å². The second kappa shape index (κ2) is 12.2. The van der Waals surface area contributed by atoms with Crippen molar-refractivity contribution >= 4 is 15.2 Å². The molecule has 0 radical (unpaired) electrons. The van der Waals surface area contributed by atoms with Gasteiger partial charge in [0.25, 0.3) is 0 Å². The van der Waals surface area contributed by atoms with E-state index in [1.54, 1.807) is 18.2 Å². The molecule has 0 saturated carbocycles. The molecule has 0 N–H and O–H groups in total. The van der Waals surface area contributed by atoms with E-state index in [2.05, 4.69) is 6.92 Å². The fraction of sp³-hybridized carbons (Fsp3) is 0.632. The molecule has 0 fully saturated rings. The van der Waals surface area contributed by atoms with Gasteiger partial charge in [0.05, 0.1) is 6.61 Å². The summed E-state index contributed by atoms with van der Waals surface area (Å²) >= 11 is 0. The van der Waals surface area contributed by atoms with E-state index < -0.39 is 15.2 Å². The lowest BCUT2D eigenvalue weighted by atomic mass is 10.1. The SMILES string of the molecule is CCCCCCCCCCCCOS(=O)(=O)C(=O)c1ccccc1. The van der Waals surface area contributed by atoms with Crippen LogP contribution in [0.3, 0.4) is 0 Å². The molecule has 0 saturated heterocycles. The third-order valence-corrected chi connectivity index (χ3v) is 5.14. The number of benzene rings is 1. The van der Waals surface area contributed by atoms with Crippen molar-refractivity contribution in [2.45, 2.75) is 71.1 Å². The molecule has 5 heteroatoms. The van der Waals surface area contributed by atoms with Crippen LogP contribution in [0.25, 0.3) is 0 Å². The first-order valence-corrected chi connectivity index (χ1v) is 10.5. The van der Waals surface area contributed by atoms with E-state index in [-0.39, 0.29) is 12.2 Å². The zero-order chi connectivity index (χ0) is 17.7. The Bertz CT molecular complexity index is 552. The first-order valence-electron chi connectivity index (χ1n) is 9.06. The van der Waals surface area contributed by atoms with Crippen molar-refractivity contribution in [3.8, 4) is 0 Å². The Balaban J connectivity index is 2.09. The highest BCUT2D eigenvalue weighted by Crippen LogP contribution is 2.12. The second-order valence-electron chi connectivity index (χ2n) is 6.11. The fourth-order valence-electron chi connectivity index (χ4n) is 2.53. The quantitative estimate of drug-likeness (QED) is 0.365. The van der Waals surface area contributed by atoms with Crippen LogP contribution >= 0.6 is 0 Å². The normalized spacial score (nSPS) is 11.5. The van der Waals surface area contributed by atoms with E-state index >= 15 is 0 Å². The van der Waals surface area contributed by atoms with Crippen molar-refractivity contribution in [1.29, 1.82) is 0 Å². The largest absolute Gasteiger partial charge is 0.335 e. The van der Waals surface area contributed by atoms with E-state index in [0.29, 0.717) is 6.42 Å². The molecule has 0 aliphatic heterocycles. The van der Waals surface area contributed by atoms with Gasteiger partial charge in [0.2, 0.25) is 0 Å². The molecule has 1 rings (SSSR count). The summed E-state index contributed by atoms with van der Waals surface area (Å²) in [6, 6.07) is 7.94. The van der Waals surface area contributed by atoms with Gasteiger partial charge in [-0.2, -0.15) is 8.42 Å². The maximum absolute atomic E-state index is 11.9. The molecule has 0 atom stereocenters. The highest BCUT2D eigenvalue weighted by atomic mass is 32.2. The number of hydrogen-bond acceptors (Lipinski definition) is 4. The lowest BCUT2D eigenvalue weighted by molar-refractivity contribution is 0.105. The van der Waals surface area contributed by atoms with Gasteiger partial charge in [0.1, 0.15) is 0 Å². The monoisotopic (exact) mass is 354 g/mol. The first-order chi connectivity index (χ1) is 11.6. The van der Waals surface area contributed by atoms with Crippen LogP contribution in [0.4, 0.5) is 0 Å². The average molecular weight is 355 g/mol. The van der Waals surface area contributed by atoms with E-state index in [1.165, 1.54) is 57.1 Å². The molecule has 24 heavy (non-hydrogen) atoms. The minimum Gasteiger partial charge on any atom is -0.273 e. The van der Waals surface area contributed by atoms with Gasteiger partial charge in [-0.25, -0.2) is 0 Å².